The number of rotatable bonds is 4. The molecule has 0 unspecified atom stereocenters. The van der Waals surface area contributed by atoms with E-state index >= 15 is 0 Å². The van der Waals surface area contributed by atoms with Gasteiger partial charge in [-0.3, -0.25) is 0 Å². The van der Waals surface area contributed by atoms with Gasteiger partial charge in [0.05, 0.1) is 0 Å². The first-order chi connectivity index (χ1) is 4.06. The first kappa shape index (κ1) is 13.7. The third kappa shape index (κ3) is 11.9. The minimum atomic E-state index is -4.54. The van der Waals surface area contributed by atoms with E-state index in [0.717, 1.165) is 0 Å². The zero-order valence-corrected chi connectivity index (χ0v) is 9.07. The van der Waals surface area contributed by atoms with Crippen LogP contribution in [0.25, 0.3) is 0 Å². The molecule has 0 aliphatic heterocycles. The molecule has 0 saturated heterocycles. The summed E-state index contributed by atoms with van der Waals surface area (Å²) in [4.78, 5) is 0. The number of nitrogens with two attached hydrogens (primary N) is 1. The van der Waals surface area contributed by atoms with Crippen molar-refractivity contribution in [3.63, 3.8) is 0 Å². The Kier molecular flexibility index (Phi) is 9.44. The third-order valence-electron chi connectivity index (χ3n) is 0.333. The molecule has 0 heterocycles. The molecular weight excluding hydrogens is 189 g/mol. The second kappa shape index (κ2) is 6.86. The van der Waals surface area contributed by atoms with Crippen LogP contribution < -0.4 is 35.3 Å². The van der Waals surface area contributed by atoms with Gasteiger partial charge in [0.1, 0.15) is 0 Å². The minimum Gasteiger partial charge on any atom is -0.725 e. The molecule has 56 valence electrons. The van der Waals surface area contributed by atoms with E-state index in [1.54, 1.807) is 0 Å². The molecule has 0 fully saturated rings. The minimum absolute atomic E-state index is 0. The number of hydrogen-bond donors (Lipinski definition) is 1. The smallest absolute Gasteiger partial charge is 0.725 e. The summed E-state index contributed by atoms with van der Waals surface area (Å²) < 4.78 is 32.7. The Morgan fingerprint density at radius 3 is 2.40 bits per heavy atom. The van der Waals surface area contributed by atoms with Gasteiger partial charge in [-0.05, 0) is 0 Å². The maximum absolute atomic E-state index is 9.67. The van der Waals surface area contributed by atoms with Crippen LogP contribution in [0.1, 0.15) is 0 Å². The van der Waals surface area contributed by atoms with Crippen LogP contribution >= 0.6 is 12.0 Å². The number of hydrogen-bond acceptors (Lipinski definition) is 6. The predicted molar refractivity (Wildman–Crippen MR) is 32.3 cm³/mol. The monoisotopic (exact) mass is 195 g/mol. The van der Waals surface area contributed by atoms with Gasteiger partial charge < -0.3 is 10.3 Å². The first-order valence-electron chi connectivity index (χ1n) is 2.03. The fourth-order valence-electron chi connectivity index (χ4n) is 0.141. The van der Waals surface area contributed by atoms with E-state index in [9.17, 15) is 13.0 Å². The SMILES string of the molecule is NCCSOS(=O)(=O)[O-].[Na+]. The normalized spacial score (nSPS) is 10.6. The van der Waals surface area contributed by atoms with Crippen LogP contribution in [-0.4, -0.2) is 25.3 Å². The molecule has 0 rings (SSSR count). The van der Waals surface area contributed by atoms with Crippen molar-refractivity contribution in [2.75, 3.05) is 12.3 Å². The van der Waals surface area contributed by atoms with Crippen LogP contribution in [-0.2, 0) is 14.0 Å². The maximum atomic E-state index is 9.67. The molecule has 0 spiro atoms. The second-order valence-electron chi connectivity index (χ2n) is 1.09. The molecule has 0 bridgehead atoms. The Hall–Kier alpha value is 1.18. The largest absolute Gasteiger partial charge is 1.00 e. The Bertz CT molecular complexity index is 157. The van der Waals surface area contributed by atoms with Crippen molar-refractivity contribution in [3.05, 3.63) is 0 Å². The summed E-state index contributed by atoms with van der Waals surface area (Å²) in [7, 11) is -4.54. The third-order valence-corrected chi connectivity index (χ3v) is 1.79. The summed E-state index contributed by atoms with van der Waals surface area (Å²) >= 11 is 0.535. The molecule has 2 N–H and O–H groups in total. The van der Waals surface area contributed by atoms with E-state index in [0.29, 0.717) is 17.8 Å². The Balaban J connectivity index is 0. The fraction of sp³-hybridized carbons (Fsp3) is 1.00. The van der Waals surface area contributed by atoms with Crippen LogP contribution in [0.15, 0.2) is 0 Å². The molecule has 0 aromatic carbocycles. The molecular formula is C2H6NNaO4S2. The van der Waals surface area contributed by atoms with Gasteiger partial charge in [-0.25, -0.2) is 12.0 Å². The Morgan fingerprint density at radius 1 is 1.60 bits per heavy atom. The fourth-order valence-corrected chi connectivity index (χ4v) is 0.981. The van der Waals surface area contributed by atoms with Crippen LogP contribution in [0.4, 0.5) is 0 Å². The summed E-state index contributed by atoms with van der Waals surface area (Å²) in [5.74, 6) is 0.293. The molecule has 0 radical (unpaired) electrons. The van der Waals surface area contributed by atoms with Crippen LogP contribution in [0.3, 0.4) is 0 Å². The van der Waals surface area contributed by atoms with Gasteiger partial charge in [0.25, 0.3) is 0 Å². The average molecular weight is 195 g/mol. The van der Waals surface area contributed by atoms with Crippen molar-refractivity contribution in [3.8, 4) is 0 Å². The quantitative estimate of drug-likeness (QED) is 0.162. The molecule has 0 aromatic rings. The zero-order valence-electron chi connectivity index (χ0n) is 5.44. The Labute approximate surface area is 86.1 Å². The summed E-state index contributed by atoms with van der Waals surface area (Å²) in [5, 5.41) is 0. The van der Waals surface area contributed by atoms with Gasteiger partial charge >= 0.3 is 29.6 Å². The van der Waals surface area contributed by atoms with Crippen molar-refractivity contribution in [1.82, 2.24) is 0 Å². The molecule has 0 saturated carbocycles. The van der Waals surface area contributed by atoms with E-state index in [1.807, 2.05) is 0 Å². The molecule has 8 heteroatoms. The first-order valence-corrected chi connectivity index (χ1v) is 4.27. The molecule has 0 aliphatic carbocycles. The molecule has 0 aromatic heterocycles. The van der Waals surface area contributed by atoms with Gasteiger partial charge in [-0.1, -0.05) is 0 Å². The molecule has 0 amide bonds. The van der Waals surface area contributed by atoms with Gasteiger partial charge in [0, 0.05) is 24.3 Å². The van der Waals surface area contributed by atoms with Crippen LogP contribution in [0.5, 0.6) is 0 Å². The Morgan fingerprint density at radius 2 is 2.10 bits per heavy atom. The maximum Gasteiger partial charge on any atom is 1.00 e. The molecule has 5 nitrogen and oxygen atoms in total. The van der Waals surface area contributed by atoms with E-state index < -0.39 is 10.4 Å². The van der Waals surface area contributed by atoms with Crippen molar-refractivity contribution in [2.24, 2.45) is 5.73 Å². The summed E-state index contributed by atoms with van der Waals surface area (Å²) in [5.41, 5.74) is 4.96. The van der Waals surface area contributed by atoms with Crippen molar-refractivity contribution >= 4 is 22.4 Å². The molecule has 0 aliphatic rings. The predicted octanol–water partition coefficient (Wildman–Crippen LogP) is -3.93. The summed E-state index contributed by atoms with van der Waals surface area (Å²) in [6, 6.07) is 0. The van der Waals surface area contributed by atoms with Crippen LogP contribution in [0, 0.1) is 0 Å². The van der Waals surface area contributed by atoms with E-state index in [2.05, 4.69) is 3.63 Å². The van der Waals surface area contributed by atoms with E-state index in [4.69, 9.17) is 5.73 Å². The van der Waals surface area contributed by atoms with Crippen molar-refractivity contribution < 1.29 is 46.2 Å². The van der Waals surface area contributed by atoms with Crippen molar-refractivity contribution in [2.45, 2.75) is 0 Å². The molecule has 10 heavy (non-hydrogen) atoms. The average Bonchev–Trinajstić information content (AvgIpc) is 1.63. The van der Waals surface area contributed by atoms with Crippen LogP contribution in [0.2, 0.25) is 0 Å². The summed E-state index contributed by atoms with van der Waals surface area (Å²) in [6.45, 7) is 0.278. The summed E-state index contributed by atoms with van der Waals surface area (Å²) in [6.07, 6.45) is 0. The van der Waals surface area contributed by atoms with Crippen molar-refractivity contribution in [1.29, 1.82) is 0 Å². The van der Waals surface area contributed by atoms with Gasteiger partial charge in [-0.2, -0.15) is 0 Å². The van der Waals surface area contributed by atoms with Gasteiger partial charge in [-0.15, -0.1) is 0 Å². The van der Waals surface area contributed by atoms with E-state index in [1.165, 1.54) is 0 Å². The second-order valence-corrected chi connectivity index (χ2v) is 3.09. The van der Waals surface area contributed by atoms with E-state index in [-0.39, 0.29) is 36.1 Å². The van der Waals surface area contributed by atoms with Gasteiger partial charge in [0.2, 0.25) is 10.4 Å². The zero-order chi connectivity index (χ0) is 7.33. The standard InChI is InChI=1S/C2H7NO4S2.Na/c3-1-2-8-7-9(4,5)6;/h1-3H2,(H,4,5,6);/q;+1/p-1. The molecule has 0 atom stereocenters. The van der Waals surface area contributed by atoms with Gasteiger partial charge in [0.15, 0.2) is 0 Å². The topological polar surface area (TPSA) is 92.5 Å².